The SMILES string of the molecule is COc1cc(NC(=O)CN2CCN(C(=O)C3CC3)CC2)cc(OC)c1OC. The largest absolute Gasteiger partial charge is 0.493 e. The number of anilines is 1. The lowest BCUT2D eigenvalue weighted by atomic mass is 10.2. The lowest BCUT2D eigenvalue weighted by Crippen LogP contribution is -2.50. The number of carbonyl (C=O) groups excluding carboxylic acids is 2. The number of nitrogens with zero attached hydrogens (tertiary/aromatic N) is 2. The van der Waals surface area contributed by atoms with E-state index in [2.05, 4.69) is 10.2 Å². The quantitative estimate of drug-likeness (QED) is 0.769. The maximum absolute atomic E-state index is 12.4. The second-order valence-electron chi connectivity index (χ2n) is 6.84. The summed E-state index contributed by atoms with van der Waals surface area (Å²) in [5.41, 5.74) is 0.581. The number of hydrogen-bond acceptors (Lipinski definition) is 6. The van der Waals surface area contributed by atoms with E-state index in [4.69, 9.17) is 14.2 Å². The summed E-state index contributed by atoms with van der Waals surface area (Å²) in [6, 6.07) is 3.40. The normalized spacial score (nSPS) is 17.4. The first-order valence-electron chi connectivity index (χ1n) is 9.16. The molecule has 1 N–H and O–H groups in total. The van der Waals surface area contributed by atoms with Gasteiger partial charge in [0.05, 0.1) is 27.9 Å². The average molecular weight is 377 g/mol. The van der Waals surface area contributed by atoms with Gasteiger partial charge in [-0.1, -0.05) is 0 Å². The number of rotatable bonds is 7. The van der Waals surface area contributed by atoms with E-state index >= 15 is 0 Å². The van der Waals surface area contributed by atoms with Crippen molar-refractivity contribution in [1.82, 2.24) is 9.80 Å². The predicted molar refractivity (Wildman–Crippen MR) is 100 cm³/mol. The van der Waals surface area contributed by atoms with Gasteiger partial charge in [-0.05, 0) is 12.8 Å². The maximum Gasteiger partial charge on any atom is 0.238 e. The first-order valence-corrected chi connectivity index (χ1v) is 9.16. The van der Waals surface area contributed by atoms with Crippen molar-refractivity contribution in [2.75, 3.05) is 59.4 Å². The van der Waals surface area contributed by atoms with Crippen molar-refractivity contribution in [2.24, 2.45) is 5.92 Å². The lowest BCUT2D eigenvalue weighted by Gasteiger charge is -2.34. The number of benzene rings is 1. The van der Waals surface area contributed by atoms with Crippen LogP contribution in [0, 0.1) is 5.92 Å². The van der Waals surface area contributed by atoms with Crippen LogP contribution in [0.5, 0.6) is 17.2 Å². The molecule has 1 aliphatic heterocycles. The number of hydrogen-bond donors (Lipinski definition) is 1. The molecule has 1 saturated heterocycles. The molecule has 1 saturated carbocycles. The highest BCUT2D eigenvalue weighted by Crippen LogP contribution is 2.39. The van der Waals surface area contributed by atoms with E-state index in [9.17, 15) is 9.59 Å². The van der Waals surface area contributed by atoms with Crippen LogP contribution in [-0.2, 0) is 9.59 Å². The second kappa shape index (κ2) is 8.47. The van der Waals surface area contributed by atoms with Crippen LogP contribution in [0.2, 0.25) is 0 Å². The molecule has 1 aliphatic carbocycles. The number of carbonyl (C=O) groups is 2. The third-order valence-corrected chi connectivity index (χ3v) is 4.93. The van der Waals surface area contributed by atoms with Gasteiger partial charge in [0.1, 0.15) is 0 Å². The standard InChI is InChI=1S/C19H27N3O5/c1-25-15-10-14(11-16(26-2)18(15)27-3)20-17(23)12-21-6-8-22(9-7-21)19(24)13-4-5-13/h10-11,13H,4-9,12H2,1-3H3,(H,20,23). The first kappa shape index (κ1) is 19.3. The molecule has 2 fully saturated rings. The van der Waals surface area contributed by atoms with Gasteiger partial charge in [-0.2, -0.15) is 0 Å². The van der Waals surface area contributed by atoms with Crippen molar-refractivity contribution in [2.45, 2.75) is 12.8 Å². The number of nitrogens with one attached hydrogen (secondary N) is 1. The zero-order valence-electron chi connectivity index (χ0n) is 16.1. The van der Waals surface area contributed by atoms with Crippen LogP contribution in [0.3, 0.4) is 0 Å². The van der Waals surface area contributed by atoms with Gasteiger partial charge in [0.15, 0.2) is 11.5 Å². The zero-order chi connectivity index (χ0) is 19.4. The Bertz CT molecular complexity index is 672. The van der Waals surface area contributed by atoms with E-state index in [-0.39, 0.29) is 24.3 Å². The lowest BCUT2D eigenvalue weighted by molar-refractivity contribution is -0.134. The summed E-state index contributed by atoms with van der Waals surface area (Å²) >= 11 is 0. The van der Waals surface area contributed by atoms with Crippen LogP contribution in [0.1, 0.15) is 12.8 Å². The Kier molecular flexibility index (Phi) is 6.05. The van der Waals surface area contributed by atoms with Crippen LogP contribution in [-0.4, -0.2) is 75.7 Å². The zero-order valence-corrected chi connectivity index (χ0v) is 16.1. The van der Waals surface area contributed by atoms with Gasteiger partial charge in [0, 0.05) is 49.9 Å². The molecule has 1 aromatic carbocycles. The summed E-state index contributed by atoms with van der Waals surface area (Å²) < 4.78 is 15.9. The van der Waals surface area contributed by atoms with Gasteiger partial charge < -0.3 is 24.4 Å². The summed E-state index contributed by atoms with van der Waals surface area (Å²) in [5, 5.41) is 2.88. The molecule has 1 heterocycles. The Morgan fingerprint density at radius 2 is 1.59 bits per heavy atom. The smallest absolute Gasteiger partial charge is 0.238 e. The van der Waals surface area contributed by atoms with Crippen molar-refractivity contribution >= 4 is 17.5 Å². The fourth-order valence-electron chi connectivity index (χ4n) is 3.27. The molecule has 2 aliphatic rings. The minimum atomic E-state index is -0.119. The molecule has 2 amide bonds. The molecular formula is C19H27N3O5. The molecular weight excluding hydrogens is 350 g/mol. The monoisotopic (exact) mass is 377 g/mol. The molecule has 1 aromatic rings. The van der Waals surface area contributed by atoms with Gasteiger partial charge in [-0.15, -0.1) is 0 Å². The van der Waals surface area contributed by atoms with Gasteiger partial charge in [-0.3, -0.25) is 14.5 Å². The fraction of sp³-hybridized carbons (Fsp3) is 0.579. The van der Waals surface area contributed by atoms with Gasteiger partial charge in [0.25, 0.3) is 0 Å². The van der Waals surface area contributed by atoms with Crippen molar-refractivity contribution in [1.29, 1.82) is 0 Å². The van der Waals surface area contributed by atoms with Crippen LogP contribution in [0.15, 0.2) is 12.1 Å². The number of methoxy groups -OCH3 is 3. The van der Waals surface area contributed by atoms with E-state index < -0.39 is 0 Å². The molecule has 8 nitrogen and oxygen atoms in total. The molecule has 27 heavy (non-hydrogen) atoms. The Morgan fingerprint density at radius 1 is 1.00 bits per heavy atom. The summed E-state index contributed by atoms with van der Waals surface area (Å²) in [7, 11) is 4.60. The molecule has 0 unspecified atom stereocenters. The van der Waals surface area contributed by atoms with Crippen molar-refractivity contribution in [3.8, 4) is 17.2 Å². The Morgan fingerprint density at radius 3 is 2.07 bits per heavy atom. The maximum atomic E-state index is 12.4. The van der Waals surface area contributed by atoms with E-state index in [1.165, 1.54) is 21.3 Å². The molecule has 148 valence electrons. The predicted octanol–water partition coefficient (Wildman–Crippen LogP) is 1.21. The minimum absolute atomic E-state index is 0.119. The summed E-state index contributed by atoms with van der Waals surface area (Å²) in [4.78, 5) is 28.5. The van der Waals surface area contributed by atoms with Gasteiger partial charge in [-0.25, -0.2) is 0 Å². The summed E-state index contributed by atoms with van der Waals surface area (Å²) in [5.74, 6) is 1.86. The minimum Gasteiger partial charge on any atom is -0.493 e. The summed E-state index contributed by atoms with van der Waals surface area (Å²) in [6.45, 7) is 3.07. The van der Waals surface area contributed by atoms with Crippen molar-refractivity contribution in [3.05, 3.63) is 12.1 Å². The molecule has 8 heteroatoms. The third-order valence-electron chi connectivity index (χ3n) is 4.93. The van der Waals surface area contributed by atoms with Crippen LogP contribution in [0.25, 0.3) is 0 Å². The average Bonchev–Trinajstić information content (AvgIpc) is 3.52. The molecule has 0 radical (unpaired) electrons. The number of ether oxygens (including phenoxy) is 3. The highest BCUT2D eigenvalue weighted by atomic mass is 16.5. The fourth-order valence-corrected chi connectivity index (χ4v) is 3.27. The first-order chi connectivity index (χ1) is 13.0. The third kappa shape index (κ3) is 4.63. The molecule has 0 spiro atoms. The Hall–Kier alpha value is -2.48. The van der Waals surface area contributed by atoms with Crippen LogP contribution >= 0.6 is 0 Å². The van der Waals surface area contributed by atoms with Gasteiger partial charge in [0.2, 0.25) is 17.6 Å². The second-order valence-corrected chi connectivity index (χ2v) is 6.84. The van der Waals surface area contributed by atoms with Gasteiger partial charge >= 0.3 is 0 Å². The van der Waals surface area contributed by atoms with Crippen molar-refractivity contribution in [3.63, 3.8) is 0 Å². The molecule has 0 atom stereocenters. The molecule has 0 bridgehead atoms. The molecule has 3 rings (SSSR count). The van der Waals surface area contributed by atoms with Crippen LogP contribution in [0.4, 0.5) is 5.69 Å². The highest BCUT2D eigenvalue weighted by Gasteiger charge is 2.34. The topological polar surface area (TPSA) is 80.3 Å². The van der Waals surface area contributed by atoms with E-state index in [1.807, 2.05) is 4.90 Å². The van der Waals surface area contributed by atoms with E-state index in [0.717, 1.165) is 12.8 Å². The Balaban J connectivity index is 1.54. The van der Waals surface area contributed by atoms with E-state index in [1.54, 1.807) is 12.1 Å². The number of piperazine rings is 1. The van der Waals surface area contributed by atoms with Crippen LogP contribution < -0.4 is 19.5 Å². The highest BCUT2D eigenvalue weighted by molar-refractivity contribution is 5.93. The number of amides is 2. The summed E-state index contributed by atoms with van der Waals surface area (Å²) in [6.07, 6.45) is 2.05. The van der Waals surface area contributed by atoms with Crippen molar-refractivity contribution < 1.29 is 23.8 Å². The Labute approximate surface area is 159 Å². The molecule has 0 aromatic heterocycles. The van der Waals surface area contributed by atoms with E-state index in [0.29, 0.717) is 49.1 Å².